The Labute approximate surface area is 203 Å². The second-order valence-electron chi connectivity index (χ2n) is 12.9. The Bertz CT molecular complexity index is 715. The number of hydrogen-bond donors (Lipinski definition) is 2. The van der Waals surface area contributed by atoms with Crippen molar-refractivity contribution in [1.82, 2.24) is 0 Å². The predicted molar refractivity (Wildman–Crippen MR) is 137 cm³/mol. The average Bonchev–Trinajstić information content (AvgIpc) is 2.79. The lowest BCUT2D eigenvalue weighted by molar-refractivity contribution is -0.155. The van der Waals surface area contributed by atoms with E-state index in [2.05, 4.69) is 40.7 Å². The van der Waals surface area contributed by atoms with Gasteiger partial charge in [-0.05, 0) is 110 Å². The maximum atomic E-state index is 10.5. The molecule has 0 aliphatic heterocycles. The summed E-state index contributed by atoms with van der Waals surface area (Å²) in [5.74, 6) is 4.67. The maximum absolute atomic E-state index is 10.5. The molecule has 0 spiro atoms. The number of aliphatic hydroxyl groups is 1. The van der Waals surface area contributed by atoms with Crippen molar-refractivity contribution in [1.29, 1.82) is 0 Å². The zero-order valence-corrected chi connectivity index (χ0v) is 22.6. The van der Waals surface area contributed by atoms with Crippen LogP contribution in [0.15, 0.2) is 11.6 Å². The first-order valence-electron chi connectivity index (χ1n) is 14.1. The Morgan fingerprint density at radius 1 is 0.909 bits per heavy atom. The van der Waals surface area contributed by atoms with Gasteiger partial charge in [-0.1, -0.05) is 66.5 Å². The number of fused-ring (bicyclic) bond motifs is 7. The summed E-state index contributed by atoms with van der Waals surface area (Å²) in [7, 11) is 0. The quantitative estimate of drug-likeness (QED) is 0.287. The van der Waals surface area contributed by atoms with Crippen molar-refractivity contribution >= 4 is 6.47 Å². The molecule has 190 valence electrons. The number of carboxylic acid groups (broad SMARTS) is 1. The summed E-state index contributed by atoms with van der Waals surface area (Å²) in [5, 5.41) is 17.4. The van der Waals surface area contributed by atoms with Crippen LogP contribution >= 0.6 is 0 Å². The number of allylic oxidation sites excluding steroid dienone is 2. The van der Waals surface area contributed by atoms with Crippen LogP contribution in [0.2, 0.25) is 0 Å². The zero-order chi connectivity index (χ0) is 24.6. The first-order valence-corrected chi connectivity index (χ1v) is 14.1. The molecular formula is C30H52O3. The fraction of sp³-hybridized carbons (Fsp3) is 0.900. The summed E-state index contributed by atoms with van der Waals surface area (Å²) >= 11 is 0. The third-order valence-corrected chi connectivity index (χ3v) is 11.5. The fourth-order valence-electron chi connectivity index (χ4n) is 9.68. The smallest absolute Gasteiger partial charge is 0.290 e. The third kappa shape index (κ3) is 4.34. The molecule has 0 saturated heterocycles. The van der Waals surface area contributed by atoms with Crippen molar-refractivity contribution in [2.45, 2.75) is 119 Å². The Morgan fingerprint density at radius 2 is 1.52 bits per heavy atom. The van der Waals surface area contributed by atoms with E-state index in [1.165, 1.54) is 57.8 Å². The molecule has 10 atom stereocenters. The number of hydrogen-bond acceptors (Lipinski definition) is 2. The Kier molecular flexibility index (Phi) is 8.14. The average molecular weight is 461 g/mol. The SMILES string of the molecule is CC.CC1CCC2(C)CCC3C(=CCC4C3(C)CCC3C(C)C(O)CCC34C)C2C1.O=CO. The molecule has 0 amide bonds. The molecule has 5 aliphatic rings. The van der Waals surface area contributed by atoms with E-state index in [0.29, 0.717) is 22.2 Å². The molecule has 4 fully saturated rings. The topological polar surface area (TPSA) is 57.5 Å². The van der Waals surface area contributed by atoms with Gasteiger partial charge in [0, 0.05) is 0 Å². The molecule has 0 heterocycles. The first kappa shape index (κ1) is 26.8. The summed E-state index contributed by atoms with van der Waals surface area (Å²) < 4.78 is 0. The van der Waals surface area contributed by atoms with Gasteiger partial charge in [-0.15, -0.1) is 0 Å². The van der Waals surface area contributed by atoms with E-state index in [4.69, 9.17) is 9.90 Å². The monoisotopic (exact) mass is 460 g/mol. The lowest BCUT2D eigenvalue weighted by Gasteiger charge is -2.66. The van der Waals surface area contributed by atoms with Gasteiger partial charge < -0.3 is 10.2 Å². The van der Waals surface area contributed by atoms with Gasteiger partial charge in [-0.25, -0.2) is 0 Å². The van der Waals surface area contributed by atoms with Crippen LogP contribution in [-0.2, 0) is 4.79 Å². The van der Waals surface area contributed by atoms with Crippen LogP contribution in [0.1, 0.15) is 113 Å². The van der Waals surface area contributed by atoms with E-state index < -0.39 is 0 Å². The molecule has 0 aromatic carbocycles. The highest BCUT2D eigenvalue weighted by Crippen LogP contribution is 2.70. The van der Waals surface area contributed by atoms with Crippen molar-refractivity contribution < 1.29 is 15.0 Å². The maximum Gasteiger partial charge on any atom is 0.290 e. The van der Waals surface area contributed by atoms with Gasteiger partial charge in [0.25, 0.3) is 6.47 Å². The zero-order valence-electron chi connectivity index (χ0n) is 22.6. The summed E-state index contributed by atoms with van der Waals surface area (Å²) in [4.78, 5) is 8.36. The van der Waals surface area contributed by atoms with Gasteiger partial charge in [0.2, 0.25) is 0 Å². The summed E-state index contributed by atoms with van der Waals surface area (Å²) in [6, 6.07) is 0. The number of carbonyl (C=O) groups is 1. The highest BCUT2D eigenvalue weighted by molar-refractivity contribution is 5.32. The lowest BCUT2D eigenvalue weighted by atomic mass is 9.39. The van der Waals surface area contributed by atoms with E-state index in [1.54, 1.807) is 0 Å². The molecule has 5 aliphatic carbocycles. The van der Waals surface area contributed by atoms with Gasteiger partial charge in [0.15, 0.2) is 0 Å². The standard InChI is InChI=1S/C27H44O.C2H6.CH2O2/c1-17-8-12-25(3)13-9-21-19(22(25)16-17)6-7-24-26(4)15-11-23(28)18(2)20(26)10-14-27(21,24)5;1-2;2-1-3/h6,17-18,20-24,28H,7-16H2,1-5H3;1-2H3;1H,(H,2,3). The van der Waals surface area contributed by atoms with Crippen LogP contribution in [0.5, 0.6) is 0 Å². The molecule has 0 aromatic rings. The van der Waals surface area contributed by atoms with E-state index in [1.807, 2.05) is 19.4 Å². The Hall–Kier alpha value is -0.830. The van der Waals surface area contributed by atoms with Crippen molar-refractivity contribution in [3.8, 4) is 0 Å². The van der Waals surface area contributed by atoms with Crippen LogP contribution in [0.3, 0.4) is 0 Å². The Morgan fingerprint density at radius 3 is 2.18 bits per heavy atom. The molecule has 3 nitrogen and oxygen atoms in total. The van der Waals surface area contributed by atoms with Gasteiger partial charge in [0.05, 0.1) is 6.10 Å². The minimum Gasteiger partial charge on any atom is -0.483 e. The molecule has 0 aromatic heterocycles. The Balaban J connectivity index is 0.000000569. The van der Waals surface area contributed by atoms with Crippen molar-refractivity contribution in [3.05, 3.63) is 11.6 Å². The second-order valence-corrected chi connectivity index (χ2v) is 12.9. The molecule has 4 saturated carbocycles. The van der Waals surface area contributed by atoms with E-state index >= 15 is 0 Å². The van der Waals surface area contributed by atoms with Crippen molar-refractivity contribution in [3.63, 3.8) is 0 Å². The fourth-order valence-corrected chi connectivity index (χ4v) is 9.68. The van der Waals surface area contributed by atoms with Gasteiger partial charge >= 0.3 is 0 Å². The van der Waals surface area contributed by atoms with Crippen molar-refractivity contribution in [2.75, 3.05) is 0 Å². The predicted octanol–water partition coefficient (Wildman–Crippen LogP) is 7.73. The van der Waals surface area contributed by atoms with E-state index in [-0.39, 0.29) is 12.6 Å². The summed E-state index contributed by atoms with van der Waals surface area (Å²) in [6.45, 7) is 16.5. The molecule has 33 heavy (non-hydrogen) atoms. The first-order chi connectivity index (χ1) is 15.6. The normalized spacial score (nSPS) is 50.3. The molecule has 5 rings (SSSR count). The van der Waals surface area contributed by atoms with Crippen molar-refractivity contribution in [2.24, 2.45) is 51.8 Å². The van der Waals surface area contributed by atoms with Gasteiger partial charge in [-0.3, -0.25) is 4.79 Å². The molecule has 10 unspecified atom stereocenters. The van der Waals surface area contributed by atoms with Crippen LogP contribution in [0.25, 0.3) is 0 Å². The lowest BCUT2D eigenvalue weighted by Crippen LogP contribution is -2.59. The minimum absolute atomic E-state index is 0.0590. The number of aliphatic hydroxyl groups excluding tert-OH is 1. The van der Waals surface area contributed by atoms with E-state index in [0.717, 1.165) is 36.0 Å². The number of rotatable bonds is 0. The van der Waals surface area contributed by atoms with Gasteiger partial charge in [-0.2, -0.15) is 0 Å². The summed E-state index contributed by atoms with van der Waals surface area (Å²) in [5.41, 5.74) is 3.43. The third-order valence-electron chi connectivity index (χ3n) is 11.5. The van der Waals surface area contributed by atoms with Crippen LogP contribution < -0.4 is 0 Å². The summed E-state index contributed by atoms with van der Waals surface area (Å²) in [6.07, 6.45) is 16.3. The highest BCUT2D eigenvalue weighted by Gasteiger charge is 2.62. The molecule has 0 radical (unpaired) electrons. The van der Waals surface area contributed by atoms with Crippen LogP contribution in [0.4, 0.5) is 0 Å². The largest absolute Gasteiger partial charge is 0.483 e. The minimum atomic E-state index is -0.250. The molecule has 2 N–H and O–H groups in total. The van der Waals surface area contributed by atoms with E-state index in [9.17, 15) is 5.11 Å². The highest BCUT2D eigenvalue weighted by atomic mass is 16.3. The molecule has 0 bridgehead atoms. The second kappa shape index (κ2) is 10.0. The van der Waals surface area contributed by atoms with Gasteiger partial charge in [0.1, 0.15) is 0 Å². The molecular weight excluding hydrogens is 408 g/mol. The van der Waals surface area contributed by atoms with Crippen LogP contribution in [0, 0.1) is 51.8 Å². The molecule has 3 heteroatoms. The van der Waals surface area contributed by atoms with Crippen LogP contribution in [-0.4, -0.2) is 22.8 Å².